The van der Waals surface area contributed by atoms with Gasteiger partial charge in [-0.05, 0) is 42.8 Å². The number of rotatable bonds is 5. The van der Waals surface area contributed by atoms with Gasteiger partial charge in [0.25, 0.3) is 0 Å². The summed E-state index contributed by atoms with van der Waals surface area (Å²) in [5.41, 5.74) is 5.90. The van der Waals surface area contributed by atoms with Gasteiger partial charge in [0, 0.05) is 6.07 Å². The van der Waals surface area contributed by atoms with Gasteiger partial charge in [-0.25, -0.2) is 13.2 Å². The van der Waals surface area contributed by atoms with E-state index in [1.54, 1.807) is 6.07 Å². The maximum Gasteiger partial charge on any atom is 0.132 e. The van der Waals surface area contributed by atoms with Gasteiger partial charge in [-0.1, -0.05) is 6.07 Å². The van der Waals surface area contributed by atoms with Crippen molar-refractivity contribution >= 4 is 0 Å². The summed E-state index contributed by atoms with van der Waals surface area (Å²) in [5.74, 6) is -1.64. The molecule has 0 aliphatic carbocycles. The minimum Gasteiger partial charge on any atom is -0.489 e. The molecule has 0 saturated heterocycles. The first kappa shape index (κ1) is 14.4. The summed E-state index contributed by atoms with van der Waals surface area (Å²) < 4.78 is 45.5. The summed E-state index contributed by atoms with van der Waals surface area (Å²) >= 11 is 0. The molecule has 0 radical (unpaired) electrons. The van der Waals surface area contributed by atoms with Crippen LogP contribution < -0.4 is 10.5 Å². The topological polar surface area (TPSA) is 35.2 Å². The van der Waals surface area contributed by atoms with Crippen LogP contribution in [-0.2, 0) is 13.0 Å². The molecule has 0 amide bonds. The molecule has 2 aromatic rings. The summed E-state index contributed by atoms with van der Waals surface area (Å²) in [7, 11) is 0. The second kappa shape index (κ2) is 6.43. The van der Waals surface area contributed by atoms with E-state index in [0.717, 1.165) is 12.1 Å². The van der Waals surface area contributed by atoms with Crippen molar-refractivity contribution in [3.05, 3.63) is 65.0 Å². The van der Waals surface area contributed by atoms with Crippen LogP contribution in [0.3, 0.4) is 0 Å². The van der Waals surface area contributed by atoms with Gasteiger partial charge in [-0.2, -0.15) is 0 Å². The molecule has 0 atom stereocenters. The number of halogens is 3. The second-order valence-corrected chi connectivity index (χ2v) is 4.32. The quantitative estimate of drug-likeness (QED) is 0.913. The van der Waals surface area contributed by atoms with E-state index in [4.69, 9.17) is 10.5 Å². The van der Waals surface area contributed by atoms with Gasteiger partial charge >= 0.3 is 0 Å². The molecule has 2 aromatic carbocycles. The Balaban J connectivity index is 2.14. The minimum atomic E-state index is -0.691. The van der Waals surface area contributed by atoms with Crippen LogP contribution in [0.25, 0.3) is 0 Å². The lowest BCUT2D eigenvalue weighted by molar-refractivity contribution is 0.291. The van der Waals surface area contributed by atoms with E-state index >= 15 is 0 Å². The maximum absolute atomic E-state index is 13.4. The number of hydrogen-bond acceptors (Lipinski definition) is 2. The summed E-state index contributed by atoms with van der Waals surface area (Å²) in [5, 5.41) is 0. The molecule has 0 saturated carbocycles. The van der Waals surface area contributed by atoms with E-state index in [1.165, 1.54) is 18.2 Å². The summed E-state index contributed by atoms with van der Waals surface area (Å²) in [6.07, 6.45) is 0.502. The van der Waals surface area contributed by atoms with Gasteiger partial charge in [-0.15, -0.1) is 0 Å². The van der Waals surface area contributed by atoms with Gasteiger partial charge in [0.15, 0.2) is 0 Å². The fraction of sp³-hybridized carbons (Fsp3) is 0.200. The zero-order valence-electron chi connectivity index (χ0n) is 10.7. The van der Waals surface area contributed by atoms with Crippen LogP contribution in [0, 0.1) is 17.5 Å². The normalized spacial score (nSPS) is 10.6. The molecule has 0 fully saturated rings. The molecule has 5 heteroatoms. The lowest BCUT2D eigenvalue weighted by Crippen LogP contribution is -2.05. The molecule has 2 nitrogen and oxygen atoms in total. The Morgan fingerprint density at radius 1 is 1.00 bits per heavy atom. The average molecular weight is 281 g/mol. The number of ether oxygens (including phenoxy) is 1. The highest BCUT2D eigenvalue weighted by Gasteiger charge is 2.09. The molecule has 2 rings (SSSR count). The molecule has 0 aliphatic heterocycles. The maximum atomic E-state index is 13.4. The molecule has 0 heterocycles. The van der Waals surface area contributed by atoms with Crippen LogP contribution in [0.5, 0.6) is 5.75 Å². The third-order valence-electron chi connectivity index (χ3n) is 2.81. The van der Waals surface area contributed by atoms with E-state index < -0.39 is 17.5 Å². The summed E-state index contributed by atoms with van der Waals surface area (Å²) in [4.78, 5) is 0. The number of benzene rings is 2. The van der Waals surface area contributed by atoms with Crippen LogP contribution in [-0.4, -0.2) is 6.54 Å². The van der Waals surface area contributed by atoms with Crippen molar-refractivity contribution < 1.29 is 17.9 Å². The van der Waals surface area contributed by atoms with Crippen LogP contribution in [0.4, 0.5) is 13.2 Å². The Hall–Kier alpha value is -2.01. The molecular formula is C15H14F3NO. The van der Waals surface area contributed by atoms with Crippen LogP contribution in [0.1, 0.15) is 11.1 Å². The first-order chi connectivity index (χ1) is 9.60. The molecule has 0 aliphatic rings. The van der Waals surface area contributed by atoms with Crippen molar-refractivity contribution in [1.82, 2.24) is 0 Å². The van der Waals surface area contributed by atoms with E-state index in [1.807, 2.05) is 0 Å². The van der Waals surface area contributed by atoms with E-state index in [9.17, 15) is 13.2 Å². The summed E-state index contributed by atoms with van der Waals surface area (Å²) in [6.45, 7) is 0.0782. The first-order valence-electron chi connectivity index (χ1n) is 6.15. The molecule has 0 bridgehead atoms. The van der Waals surface area contributed by atoms with E-state index in [0.29, 0.717) is 18.5 Å². The smallest absolute Gasteiger partial charge is 0.132 e. The van der Waals surface area contributed by atoms with Crippen molar-refractivity contribution in [2.24, 2.45) is 5.73 Å². The molecule has 20 heavy (non-hydrogen) atoms. The van der Waals surface area contributed by atoms with Gasteiger partial charge in [0.2, 0.25) is 0 Å². The van der Waals surface area contributed by atoms with Crippen molar-refractivity contribution in [3.8, 4) is 5.75 Å². The minimum absolute atomic E-state index is 0.183. The lowest BCUT2D eigenvalue weighted by atomic mass is 10.1. The predicted molar refractivity (Wildman–Crippen MR) is 69.8 cm³/mol. The van der Waals surface area contributed by atoms with E-state index in [-0.39, 0.29) is 17.9 Å². The molecule has 2 N–H and O–H groups in total. The first-order valence-corrected chi connectivity index (χ1v) is 6.15. The Morgan fingerprint density at radius 3 is 2.35 bits per heavy atom. The third-order valence-corrected chi connectivity index (χ3v) is 2.81. The molecule has 0 unspecified atom stereocenters. The third kappa shape index (κ3) is 3.51. The van der Waals surface area contributed by atoms with Crippen molar-refractivity contribution in [2.45, 2.75) is 13.0 Å². The van der Waals surface area contributed by atoms with Crippen LogP contribution >= 0.6 is 0 Å². The van der Waals surface area contributed by atoms with E-state index in [2.05, 4.69) is 0 Å². The monoisotopic (exact) mass is 281 g/mol. The number of nitrogens with two attached hydrogens (primary N) is 1. The van der Waals surface area contributed by atoms with Crippen molar-refractivity contribution in [3.63, 3.8) is 0 Å². The van der Waals surface area contributed by atoms with Crippen molar-refractivity contribution in [1.29, 1.82) is 0 Å². The van der Waals surface area contributed by atoms with Crippen molar-refractivity contribution in [2.75, 3.05) is 6.54 Å². The van der Waals surface area contributed by atoms with Gasteiger partial charge in [0.05, 0.1) is 5.56 Å². The summed E-state index contributed by atoms with van der Waals surface area (Å²) in [6, 6.07) is 7.69. The zero-order valence-corrected chi connectivity index (χ0v) is 10.7. The second-order valence-electron chi connectivity index (χ2n) is 4.32. The highest BCUT2D eigenvalue weighted by molar-refractivity contribution is 5.30. The Labute approximate surface area is 115 Å². The fourth-order valence-corrected chi connectivity index (χ4v) is 1.84. The molecular weight excluding hydrogens is 267 g/mol. The van der Waals surface area contributed by atoms with Gasteiger partial charge in [0.1, 0.15) is 29.8 Å². The van der Waals surface area contributed by atoms with Gasteiger partial charge in [-0.3, -0.25) is 0 Å². The average Bonchev–Trinajstić information content (AvgIpc) is 2.38. The molecule has 0 spiro atoms. The zero-order chi connectivity index (χ0) is 14.5. The lowest BCUT2D eigenvalue weighted by Gasteiger charge is -2.10. The Kier molecular flexibility index (Phi) is 4.63. The largest absolute Gasteiger partial charge is 0.489 e. The molecule has 0 aromatic heterocycles. The Morgan fingerprint density at radius 2 is 1.70 bits per heavy atom. The molecule has 106 valence electrons. The van der Waals surface area contributed by atoms with Crippen LogP contribution in [0.2, 0.25) is 0 Å². The standard InChI is InChI=1S/C15H14F3NO/c16-11-6-10(4-5-19)7-12(8-11)20-9-13-14(17)2-1-3-15(13)18/h1-3,6-8H,4-5,9,19H2. The van der Waals surface area contributed by atoms with Gasteiger partial charge < -0.3 is 10.5 Å². The number of hydrogen-bond donors (Lipinski definition) is 1. The SMILES string of the molecule is NCCc1cc(F)cc(OCc2c(F)cccc2F)c1. The predicted octanol–water partition coefficient (Wildman–Crippen LogP) is 3.18. The fourth-order valence-electron chi connectivity index (χ4n) is 1.84. The highest BCUT2D eigenvalue weighted by Crippen LogP contribution is 2.20. The Bertz CT molecular complexity index is 581. The highest BCUT2D eigenvalue weighted by atomic mass is 19.1. The van der Waals surface area contributed by atoms with Crippen LogP contribution in [0.15, 0.2) is 36.4 Å².